The molecule has 17 heavy (non-hydrogen) atoms. The van der Waals surface area contributed by atoms with Crippen molar-refractivity contribution in [1.29, 1.82) is 0 Å². The Bertz CT molecular complexity index is 184. The molecule has 0 saturated heterocycles. The zero-order valence-corrected chi connectivity index (χ0v) is 12.8. The predicted octanol–water partition coefficient (Wildman–Crippen LogP) is 4.61. The molecule has 1 aliphatic carbocycles. The molecule has 1 rings (SSSR count). The van der Waals surface area contributed by atoms with Crippen molar-refractivity contribution >= 4 is 11.8 Å². The Hall–Kier alpha value is 0.310. The lowest BCUT2D eigenvalue weighted by atomic mass is 10.1. The Morgan fingerprint density at radius 3 is 2.59 bits per heavy atom. The molecule has 0 spiro atoms. The van der Waals surface area contributed by atoms with Crippen LogP contribution in [0.5, 0.6) is 0 Å². The largest absolute Gasteiger partial charge is 0.311 e. The zero-order valence-electron chi connectivity index (χ0n) is 12.0. The summed E-state index contributed by atoms with van der Waals surface area (Å²) in [5, 5.41) is 4.74. The summed E-state index contributed by atoms with van der Waals surface area (Å²) < 4.78 is 0. The Morgan fingerprint density at radius 2 is 1.94 bits per heavy atom. The topological polar surface area (TPSA) is 12.0 Å². The quantitative estimate of drug-likeness (QED) is 0.605. The number of hydrogen-bond acceptors (Lipinski definition) is 2. The molecule has 1 aliphatic rings. The highest BCUT2D eigenvalue weighted by Gasteiger charge is 2.24. The van der Waals surface area contributed by atoms with Crippen LogP contribution in [0.1, 0.15) is 71.6 Å². The first kappa shape index (κ1) is 15.4. The molecule has 102 valence electrons. The van der Waals surface area contributed by atoms with Gasteiger partial charge in [-0.25, -0.2) is 0 Å². The van der Waals surface area contributed by atoms with Crippen LogP contribution in [-0.2, 0) is 0 Å². The first-order valence-electron chi connectivity index (χ1n) is 7.55. The summed E-state index contributed by atoms with van der Waals surface area (Å²) in [7, 11) is 0. The van der Waals surface area contributed by atoms with Gasteiger partial charge in [0.25, 0.3) is 0 Å². The molecule has 0 heterocycles. The molecular formula is C15H31NS. The van der Waals surface area contributed by atoms with Crippen LogP contribution in [-0.4, -0.2) is 23.6 Å². The highest BCUT2D eigenvalue weighted by Crippen LogP contribution is 2.28. The van der Waals surface area contributed by atoms with E-state index in [1.807, 2.05) is 0 Å². The summed E-state index contributed by atoms with van der Waals surface area (Å²) in [6, 6.07) is 1.53. The maximum absolute atomic E-state index is 3.82. The van der Waals surface area contributed by atoms with Crippen molar-refractivity contribution in [3.63, 3.8) is 0 Å². The molecule has 0 radical (unpaired) electrons. The average molecular weight is 257 g/mol. The molecule has 0 bridgehead atoms. The molecular weight excluding hydrogens is 226 g/mol. The van der Waals surface area contributed by atoms with Crippen molar-refractivity contribution in [2.75, 3.05) is 6.26 Å². The fourth-order valence-electron chi connectivity index (χ4n) is 2.85. The molecule has 1 saturated carbocycles. The van der Waals surface area contributed by atoms with Gasteiger partial charge in [-0.2, -0.15) is 11.8 Å². The monoisotopic (exact) mass is 257 g/mol. The van der Waals surface area contributed by atoms with E-state index in [0.717, 1.165) is 17.3 Å². The summed E-state index contributed by atoms with van der Waals surface area (Å²) in [4.78, 5) is 0. The molecule has 1 fully saturated rings. The zero-order chi connectivity index (χ0) is 12.5. The van der Waals surface area contributed by atoms with Crippen molar-refractivity contribution in [2.24, 2.45) is 0 Å². The number of nitrogens with one attached hydrogen (secondary N) is 1. The van der Waals surface area contributed by atoms with E-state index in [1.165, 1.54) is 57.8 Å². The molecule has 1 nitrogen and oxygen atoms in total. The molecule has 0 aromatic heterocycles. The van der Waals surface area contributed by atoms with Crippen LogP contribution in [0.4, 0.5) is 0 Å². The summed E-state index contributed by atoms with van der Waals surface area (Å²) in [5.74, 6) is 0. The highest BCUT2D eigenvalue weighted by atomic mass is 32.2. The van der Waals surface area contributed by atoms with E-state index in [1.54, 1.807) is 0 Å². The van der Waals surface area contributed by atoms with Gasteiger partial charge in [0.2, 0.25) is 0 Å². The molecule has 0 aliphatic heterocycles. The van der Waals surface area contributed by atoms with Gasteiger partial charge in [-0.3, -0.25) is 0 Å². The second-order valence-corrected chi connectivity index (χ2v) is 6.78. The minimum absolute atomic E-state index is 0.724. The van der Waals surface area contributed by atoms with Crippen LogP contribution in [0.15, 0.2) is 0 Å². The first-order chi connectivity index (χ1) is 8.26. The highest BCUT2D eigenvalue weighted by molar-refractivity contribution is 7.99. The summed E-state index contributed by atoms with van der Waals surface area (Å²) in [6.45, 7) is 4.65. The summed E-state index contributed by atoms with van der Waals surface area (Å²) in [6.07, 6.45) is 14.9. The number of thioether (sulfide) groups is 1. The standard InChI is InChI=1S/C15H31NS/c1-4-5-6-7-8-9-13(2)16-14-10-11-15(12-14)17-3/h13-16H,4-12H2,1-3H3. The second-order valence-electron chi connectivity index (χ2n) is 5.64. The van der Waals surface area contributed by atoms with E-state index in [-0.39, 0.29) is 0 Å². The van der Waals surface area contributed by atoms with Gasteiger partial charge in [0.15, 0.2) is 0 Å². The minimum atomic E-state index is 0.724. The van der Waals surface area contributed by atoms with Gasteiger partial charge < -0.3 is 5.32 Å². The molecule has 2 heteroatoms. The van der Waals surface area contributed by atoms with Crippen LogP contribution in [0.25, 0.3) is 0 Å². The van der Waals surface area contributed by atoms with E-state index in [0.29, 0.717) is 0 Å². The number of unbranched alkanes of at least 4 members (excludes halogenated alkanes) is 4. The molecule has 1 N–H and O–H groups in total. The summed E-state index contributed by atoms with van der Waals surface area (Å²) >= 11 is 2.05. The Balaban J connectivity index is 1.99. The minimum Gasteiger partial charge on any atom is -0.311 e. The van der Waals surface area contributed by atoms with Crippen LogP contribution in [0.2, 0.25) is 0 Å². The normalized spacial score (nSPS) is 26.3. The third kappa shape index (κ3) is 6.71. The smallest absolute Gasteiger partial charge is 0.00804 e. The molecule has 0 aromatic carbocycles. The lowest BCUT2D eigenvalue weighted by Gasteiger charge is -2.19. The average Bonchev–Trinajstić information content (AvgIpc) is 2.76. The Kier molecular flexibility index (Phi) is 8.38. The third-order valence-corrected chi connectivity index (χ3v) is 5.07. The van der Waals surface area contributed by atoms with Gasteiger partial charge in [0.05, 0.1) is 0 Å². The SMILES string of the molecule is CCCCCCCC(C)NC1CCC(SC)C1. The number of hydrogen-bond donors (Lipinski definition) is 1. The van der Waals surface area contributed by atoms with Crippen molar-refractivity contribution in [2.45, 2.75) is 89.0 Å². The van der Waals surface area contributed by atoms with Crippen molar-refractivity contribution in [3.05, 3.63) is 0 Å². The Morgan fingerprint density at radius 1 is 1.18 bits per heavy atom. The van der Waals surface area contributed by atoms with Gasteiger partial charge >= 0.3 is 0 Å². The fourth-order valence-corrected chi connectivity index (χ4v) is 3.64. The maximum Gasteiger partial charge on any atom is 0.00804 e. The lowest BCUT2D eigenvalue weighted by Crippen LogP contribution is -2.34. The van der Waals surface area contributed by atoms with E-state index in [9.17, 15) is 0 Å². The van der Waals surface area contributed by atoms with Gasteiger partial charge in [0, 0.05) is 17.3 Å². The van der Waals surface area contributed by atoms with E-state index >= 15 is 0 Å². The van der Waals surface area contributed by atoms with Gasteiger partial charge in [-0.05, 0) is 38.9 Å². The van der Waals surface area contributed by atoms with Gasteiger partial charge in [-0.1, -0.05) is 39.0 Å². The third-order valence-electron chi connectivity index (χ3n) is 3.98. The Labute approximate surface area is 113 Å². The van der Waals surface area contributed by atoms with E-state index in [4.69, 9.17) is 0 Å². The van der Waals surface area contributed by atoms with Crippen molar-refractivity contribution < 1.29 is 0 Å². The van der Waals surface area contributed by atoms with Gasteiger partial charge in [0.1, 0.15) is 0 Å². The maximum atomic E-state index is 3.82. The van der Waals surface area contributed by atoms with Crippen LogP contribution >= 0.6 is 11.8 Å². The van der Waals surface area contributed by atoms with Crippen LogP contribution in [0, 0.1) is 0 Å². The molecule has 0 aromatic rings. The molecule has 3 unspecified atom stereocenters. The second kappa shape index (κ2) is 9.27. The van der Waals surface area contributed by atoms with Crippen LogP contribution in [0.3, 0.4) is 0 Å². The van der Waals surface area contributed by atoms with E-state index in [2.05, 4.69) is 37.2 Å². The van der Waals surface area contributed by atoms with Gasteiger partial charge in [-0.15, -0.1) is 0 Å². The molecule has 0 amide bonds. The summed E-state index contributed by atoms with van der Waals surface area (Å²) in [5.41, 5.74) is 0. The molecule has 3 atom stereocenters. The van der Waals surface area contributed by atoms with Crippen molar-refractivity contribution in [3.8, 4) is 0 Å². The van der Waals surface area contributed by atoms with E-state index < -0.39 is 0 Å². The number of rotatable bonds is 9. The lowest BCUT2D eigenvalue weighted by molar-refractivity contribution is 0.417. The fraction of sp³-hybridized carbons (Fsp3) is 1.00. The van der Waals surface area contributed by atoms with Crippen molar-refractivity contribution in [1.82, 2.24) is 5.32 Å². The predicted molar refractivity (Wildman–Crippen MR) is 80.9 cm³/mol. The van der Waals surface area contributed by atoms with Crippen LogP contribution < -0.4 is 5.32 Å². The first-order valence-corrected chi connectivity index (χ1v) is 8.83.